The first kappa shape index (κ1) is 11.2. The van der Waals surface area contributed by atoms with Crippen LogP contribution in [0.25, 0.3) is 0 Å². The van der Waals surface area contributed by atoms with E-state index in [1.165, 1.54) is 11.9 Å². The normalized spacial score (nSPS) is 18.8. The molecule has 1 N–H and O–H groups in total. The predicted octanol–water partition coefficient (Wildman–Crippen LogP) is 1.85. The van der Waals surface area contributed by atoms with Crippen molar-refractivity contribution in [1.82, 2.24) is 14.9 Å². The van der Waals surface area contributed by atoms with Crippen LogP contribution in [0.15, 0.2) is 41.5 Å². The quantitative estimate of drug-likeness (QED) is 0.873. The largest absolute Gasteiger partial charge is 0.313 e. The van der Waals surface area contributed by atoms with Crippen molar-refractivity contribution in [2.24, 2.45) is 0 Å². The summed E-state index contributed by atoms with van der Waals surface area (Å²) in [5.41, 5.74) is 2.97. The van der Waals surface area contributed by atoms with Crippen LogP contribution in [0.1, 0.15) is 29.8 Å². The van der Waals surface area contributed by atoms with E-state index in [0.717, 1.165) is 24.3 Å². The first-order valence-electron chi connectivity index (χ1n) is 6.10. The average Bonchev–Trinajstić information content (AvgIpc) is 2.69. The van der Waals surface area contributed by atoms with Gasteiger partial charge in [-0.3, -0.25) is 9.69 Å². The van der Waals surface area contributed by atoms with Gasteiger partial charge >= 0.3 is 0 Å². The first-order chi connectivity index (χ1) is 8.75. The van der Waals surface area contributed by atoms with Crippen LogP contribution in [0.3, 0.4) is 0 Å². The van der Waals surface area contributed by atoms with Crippen LogP contribution in [-0.4, -0.2) is 14.9 Å². The third-order valence-electron chi connectivity index (χ3n) is 3.52. The lowest BCUT2D eigenvalue weighted by Gasteiger charge is -2.20. The van der Waals surface area contributed by atoms with E-state index in [9.17, 15) is 4.79 Å². The van der Waals surface area contributed by atoms with Gasteiger partial charge in [-0.15, -0.1) is 0 Å². The molecule has 1 atom stereocenters. The van der Waals surface area contributed by atoms with Crippen molar-refractivity contribution in [1.29, 1.82) is 0 Å². The standard InChI is InChI=1S/C14H15N3O/c1-10-13-12(15-9-16-14(13)18)8-17(10)7-11-5-3-2-4-6-11/h2-6,9-10H,7-8H2,1H3,(H,15,16,18). The highest BCUT2D eigenvalue weighted by molar-refractivity contribution is 5.26. The van der Waals surface area contributed by atoms with E-state index in [1.54, 1.807) is 0 Å². The lowest BCUT2D eigenvalue weighted by atomic mass is 10.1. The molecule has 1 aromatic carbocycles. The number of aromatic amines is 1. The maximum atomic E-state index is 11.8. The van der Waals surface area contributed by atoms with Crippen LogP contribution in [0.5, 0.6) is 0 Å². The summed E-state index contributed by atoms with van der Waals surface area (Å²) in [5.74, 6) is 0. The topological polar surface area (TPSA) is 49.0 Å². The molecular weight excluding hydrogens is 226 g/mol. The molecule has 4 heteroatoms. The molecule has 18 heavy (non-hydrogen) atoms. The highest BCUT2D eigenvalue weighted by Gasteiger charge is 2.30. The van der Waals surface area contributed by atoms with Gasteiger partial charge < -0.3 is 4.98 Å². The third-order valence-corrected chi connectivity index (χ3v) is 3.52. The van der Waals surface area contributed by atoms with Gasteiger partial charge in [0.15, 0.2) is 0 Å². The Morgan fingerprint density at radius 3 is 2.89 bits per heavy atom. The molecule has 0 aliphatic carbocycles. The molecule has 0 radical (unpaired) electrons. The van der Waals surface area contributed by atoms with Crippen molar-refractivity contribution < 1.29 is 0 Å². The maximum Gasteiger partial charge on any atom is 0.255 e. The summed E-state index contributed by atoms with van der Waals surface area (Å²) >= 11 is 0. The van der Waals surface area contributed by atoms with E-state index >= 15 is 0 Å². The van der Waals surface area contributed by atoms with Crippen molar-refractivity contribution in [3.05, 3.63) is 63.8 Å². The zero-order chi connectivity index (χ0) is 12.5. The molecule has 0 saturated carbocycles. The molecule has 1 aromatic heterocycles. The Morgan fingerprint density at radius 2 is 2.17 bits per heavy atom. The zero-order valence-corrected chi connectivity index (χ0v) is 10.3. The summed E-state index contributed by atoms with van der Waals surface area (Å²) in [6, 6.07) is 10.4. The van der Waals surface area contributed by atoms with Crippen molar-refractivity contribution in [3.63, 3.8) is 0 Å². The Morgan fingerprint density at radius 1 is 1.39 bits per heavy atom. The summed E-state index contributed by atoms with van der Waals surface area (Å²) < 4.78 is 0. The van der Waals surface area contributed by atoms with Gasteiger partial charge in [-0.2, -0.15) is 0 Å². The molecular formula is C14H15N3O. The van der Waals surface area contributed by atoms with E-state index in [0.29, 0.717) is 0 Å². The van der Waals surface area contributed by atoms with Crippen molar-refractivity contribution in [2.45, 2.75) is 26.1 Å². The summed E-state index contributed by atoms with van der Waals surface area (Å²) in [6.45, 7) is 3.65. The maximum absolute atomic E-state index is 11.8. The monoisotopic (exact) mass is 241 g/mol. The van der Waals surface area contributed by atoms with Crippen molar-refractivity contribution >= 4 is 0 Å². The van der Waals surface area contributed by atoms with Gasteiger partial charge in [-0.05, 0) is 12.5 Å². The van der Waals surface area contributed by atoms with E-state index in [4.69, 9.17) is 0 Å². The number of hydrogen-bond acceptors (Lipinski definition) is 3. The van der Waals surface area contributed by atoms with E-state index in [1.807, 2.05) is 18.2 Å². The lowest BCUT2D eigenvalue weighted by Crippen LogP contribution is -2.22. The Labute approximate surface area is 105 Å². The lowest BCUT2D eigenvalue weighted by molar-refractivity contribution is 0.218. The molecule has 0 fully saturated rings. The minimum Gasteiger partial charge on any atom is -0.313 e. The van der Waals surface area contributed by atoms with Crippen molar-refractivity contribution in [2.75, 3.05) is 0 Å². The fraction of sp³-hybridized carbons (Fsp3) is 0.286. The summed E-state index contributed by atoms with van der Waals surface area (Å²) in [5, 5.41) is 0. The van der Waals surface area contributed by atoms with Gasteiger partial charge in [-0.25, -0.2) is 4.98 Å². The molecule has 4 nitrogen and oxygen atoms in total. The molecule has 0 spiro atoms. The molecule has 2 aromatic rings. The fourth-order valence-corrected chi connectivity index (χ4v) is 2.53. The highest BCUT2D eigenvalue weighted by Crippen LogP contribution is 2.30. The number of nitrogens with one attached hydrogen (secondary N) is 1. The van der Waals surface area contributed by atoms with Crippen LogP contribution in [0.2, 0.25) is 0 Å². The van der Waals surface area contributed by atoms with Gasteiger partial charge in [0.1, 0.15) is 0 Å². The highest BCUT2D eigenvalue weighted by atomic mass is 16.1. The number of hydrogen-bond donors (Lipinski definition) is 1. The fourth-order valence-electron chi connectivity index (χ4n) is 2.53. The van der Waals surface area contributed by atoms with Gasteiger partial charge in [0.2, 0.25) is 0 Å². The summed E-state index contributed by atoms with van der Waals surface area (Å²) in [4.78, 5) is 21.0. The number of nitrogens with zero attached hydrogens (tertiary/aromatic N) is 2. The third kappa shape index (κ3) is 1.84. The minimum absolute atomic E-state index is 0.0111. The molecule has 92 valence electrons. The zero-order valence-electron chi connectivity index (χ0n) is 10.3. The number of H-pyrrole nitrogens is 1. The molecule has 1 aliphatic rings. The van der Waals surface area contributed by atoms with Crippen LogP contribution >= 0.6 is 0 Å². The number of aromatic nitrogens is 2. The van der Waals surface area contributed by atoms with E-state index in [2.05, 4.69) is 33.9 Å². The molecule has 0 saturated heterocycles. The summed E-state index contributed by atoms with van der Waals surface area (Å²) in [7, 11) is 0. The van der Waals surface area contributed by atoms with Crippen molar-refractivity contribution in [3.8, 4) is 0 Å². The second kappa shape index (κ2) is 4.38. The smallest absolute Gasteiger partial charge is 0.255 e. The molecule has 1 aliphatic heterocycles. The van der Waals surface area contributed by atoms with Crippen LogP contribution in [0, 0.1) is 0 Å². The van der Waals surface area contributed by atoms with Crippen LogP contribution in [0.4, 0.5) is 0 Å². The Kier molecular flexibility index (Phi) is 2.72. The van der Waals surface area contributed by atoms with Gasteiger partial charge in [0, 0.05) is 19.1 Å². The van der Waals surface area contributed by atoms with Crippen LogP contribution < -0.4 is 5.56 Å². The SMILES string of the molecule is CC1c2c(nc[nH]c2=O)CN1Cc1ccccc1. The average molecular weight is 241 g/mol. The number of rotatable bonds is 2. The predicted molar refractivity (Wildman–Crippen MR) is 69.0 cm³/mol. The molecule has 2 heterocycles. The van der Waals surface area contributed by atoms with Gasteiger partial charge in [0.25, 0.3) is 5.56 Å². The minimum atomic E-state index is -0.0111. The van der Waals surface area contributed by atoms with Crippen LogP contribution in [-0.2, 0) is 13.1 Å². The van der Waals surface area contributed by atoms with E-state index in [-0.39, 0.29) is 11.6 Å². The number of benzene rings is 1. The Balaban J connectivity index is 1.87. The molecule has 0 amide bonds. The van der Waals surface area contributed by atoms with Gasteiger partial charge in [-0.1, -0.05) is 30.3 Å². The first-order valence-corrected chi connectivity index (χ1v) is 6.10. The van der Waals surface area contributed by atoms with Gasteiger partial charge in [0.05, 0.1) is 17.6 Å². The Bertz CT molecular complexity index is 606. The summed E-state index contributed by atoms with van der Waals surface area (Å²) in [6.07, 6.45) is 1.49. The number of fused-ring (bicyclic) bond motifs is 1. The second-order valence-corrected chi connectivity index (χ2v) is 4.66. The molecule has 1 unspecified atom stereocenters. The molecule has 3 rings (SSSR count). The Hall–Kier alpha value is -1.94. The van der Waals surface area contributed by atoms with E-state index < -0.39 is 0 Å². The second-order valence-electron chi connectivity index (χ2n) is 4.66. The molecule has 0 bridgehead atoms.